The lowest BCUT2D eigenvalue weighted by molar-refractivity contribution is -0.106. The molecule has 1 aromatic carbocycles. The van der Waals surface area contributed by atoms with Crippen LogP contribution >= 0.6 is 0 Å². The summed E-state index contributed by atoms with van der Waals surface area (Å²) in [5.41, 5.74) is 4.33. The molecule has 0 aliphatic carbocycles. The number of pyridine rings is 2. The third-order valence-corrected chi connectivity index (χ3v) is 5.25. The van der Waals surface area contributed by atoms with E-state index in [1.54, 1.807) is 25.6 Å². The predicted molar refractivity (Wildman–Crippen MR) is 125 cm³/mol. The lowest BCUT2D eigenvalue weighted by atomic mass is 9.94. The van der Waals surface area contributed by atoms with E-state index in [-0.39, 0.29) is 5.82 Å². The molecule has 1 saturated heterocycles. The minimum atomic E-state index is -0.268. The van der Waals surface area contributed by atoms with Crippen LogP contribution in [0.1, 0.15) is 31.4 Å². The lowest BCUT2D eigenvalue weighted by Crippen LogP contribution is -2.31. The van der Waals surface area contributed by atoms with Crippen molar-refractivity contribution in [2.24, 2.45) is 0 Å². The van der Waals surface area contributed by atoms with Crippen LogP contribution in [0.5, 0.6) is 5.75 Å². The number of methoxy groups -OCH3 is 1. The van der Waals surface area contributed by atoms with Crippen LogP contribution in [-0.4, -0.2) is 48.4 Å². The molecule has 1 aliphatic heterocycles. The van der Waals surface area contributed by atoms with Gasteiger partial charge in [0.25, 0.3) is 0 Å². The van der Waals surface area contributed by atoms with Crippen LogP contribution in [0.25, 0.3) is 11.3 Å². The quantitative estimate of drug-likeness (QED) is 0.565. The van der Waals surface area contributed by atoms with E-state index in [0.29, 0.717) is 17.4 Å². The maximum Gasteiger partial charge on any atom is 0.137 e. The second-order valence-electron chi connectivity index (χ2n) is 7.75. The van der Waals surface area contributed by atoms with Gasteiger partial charge in [0.2, 0.25) is 0 Å². The number of likely N-dealkylation sites (tertiary alicyclic amines) is 1. The number of likely N-dealkylation sites (N-methyl/N-ethyl adjacent to an activating group) is 1. The highest BCUT2D eigenvalue weighted by molar-refractivity contribution is 5.69. The normalized spacial score (nSPS) is 15.9. The zero-order chi connectivity index (χ0) is 22.9. The summed E-state index contributed by atoms with van der Waals surface area (Å²) < 4.78 is 19.0. The number of ether oxygens (including phenoxy) is 1. The highest BCUT2D eigenvalue weighted by atomic mass is 19.1. The number of aromatic nitrogens is 2. The van der Waals surface area contributed by atoms with Gasteiger partial charge in [-0.15, -0.1) is 0 Å². The molecule has 1 atom stereocenters. The molecule has 0 radical (unpaired) electrons. The number of nitrogens with zero attached hydrogens (tertiary/aromatic N) is 3. The Balaban J connectivity index is 0.000000913. The topological polar surface area (TPSA) is 67.3 Å². The van der Waals surface area contributed by atoms with Crippen molar-refractivity contribution in [3.63, 3.8) is 0 Å². The van der Waals surface area contributed by atoms with E-state index in [1.807, 2.05) is 18.2 Å². The fraction of sp³-hybridized carbons (Fsp3) is 0.320. The van der Waals surface area contributed by atoms with E-state index >= 15 is 0 Å². The number of rotatable bonds is 5. The van der Waals surface area contributed by atoms with Crippen molar-refractivity contribution in [3.8, 4) is 17.0 Å². The van der Waals surface area contributed by atoms with E-state index in [2.05, 4.69) is 28.3 Å². The van der Waals surface area contributed by atoms with Gasteiger partial charge in [-0.25, -0.2) is 4.39 Å². The van der Waals surface area contributed by atoms with Gasteiger partial charge in [0.05, 0.1) is 19.0 Å². The van der Waals surface area contributed by atoms with Crippen molar-refractivity contribution in [1.82, 2.24) is 14.9 Å². The monoisotopic (exact) mass is 436 g/mol. The maximum atomic E-state index is 13.6. The smallest absolute Gasteiger partial charge is 0.137 e. The molecule has 0 amide bonds. The molecule has 3 aromatic rings. The number of halogens is 1. The Morgan fingerprint density at radius 3 is 2.72 bits per heavy atom. The van der Waals surface area contributed by atoms with E-state index in [9.17, 15) is 4.39 Å². The van der Waals surface area contributed by atoms with E-state index in [1.165, 1.54) is 19.1 Å². The Labute approximate surface area is 188 Å². The summed E-state index contributed by atoms with van der Waals surface area (Å²) in [6, 6.07) is 12.4. The summed E-state index contributed by atoms with van der Waals surface area (Å²) in [6.45, 7) is 3.54. The number of carbonyl (C=O) groups is 1. The van der Waals surface area contributed by atoms with E-state index in [0.717, 1.165) is 54.9 Å². The standard InChI is InChI=1S/C23H25FN4O.C2H4O/c1-28-8-4-5-16(15-28)22-11-20(26-19-7-3-6-18(24)10-19)12-23(27-22)17-9-21(29-2)14-25-13-17;1-2-3/h3,6-7,9-14,16H,4-5,8,15H2,1-2H3,(H,26,27);2H,1H3. The molecule has 1 aliphatic rings. The van der Waals surface area contributed by atoms with E-state index < -0.39 is 0 Å². The van der Waals surface area contributed by atoms with Crippen LogP contribution in [0.4, 0.5) is 15.8 Å². The predicted octanol–water partition coefficient (Wildman–Crippen LogP) is 5.05. The molecule has 4 rings (SSSR count). The van der Waals surface area contributed by atoms with E-state index in [4.69, 9.17) is 14.5 Å². The number of nitrogens with one attached hydrogen (secondary N) is 1. The van der Waals surface area contributed by atoms with Gasteiger partial charge in [0, 0.05) is 41.3 Å². The maximum absolute atomic E-state index is 13.6. The first-order valence-corrected chi connectivity index (χ1v) is 10.6. The summed E-state index contributed by atoms with van der Waals surface area (Å²) >= 11 is 0. The van der Waals surface area contributed by atoms with Crippen LogP contribution in [0.2, 0.25) is 0 Å². The van der Waals surface area contributed by atoms with Crippen molar-refractivity contribution in [3.05, 3.63) is 66.4 Å². The van der Waals surface area contributed by atoms with Crippen molar-refractivity contribution in [2.45, 2.75) is 25.7 Å². The minimum Gasteiger partial charge on any atom is -0.495 e. The summed E-state index contributed by atoms with van der Waals surface area (Å²) in [4.78, 5) is 20.4. The second-order valence-corrected chi connectivity index (χ2v) is 7.75. The molecule has 0 spiro atoms. The molecule has 3 heterocycles. The van der Waals surface area contributed by atoms with Gasteiger partial charge in [0.1, 0.15) is 17.9 Å². The fourth-order valence-corrected chi connectivity index (χ4v) is 3.79. The highest BCUT2D eigenvalue weighted by Crippen LogP contribution is 2.32. The molecule has 1 N–H and O–H groups in total. The second kappa shape index (κ2) is 11.3. The van der Waals surface area contributed by atoms with Crippen molar-refractivity contribution < 1.29 is 13.9 Å². The molecule has 7 heteroatoms. The molecule has 0 saturated carbocycles. The van der Waals surface area contributed by atoms with Crippen molar-refractivity contribution >= 4 is 17.7 Å². The van der Waals surface area contributed by atoms with Gasteiger partial charge in [0.15, 0.2) is 0 Å². The number of hydrogen-bond donors (Lipinski definition) is 1. The first kappa shape index (κ1) is 23.3. The Hall–Kier alpha value is -3.32. The average molecular weight is 437 g/mol. The first-order chi connectivity index (χ1) is 15.5. The number of anilines is 2. The van der Waals surface area contributed by atoms with Gasteiger partial charge < -0.3 is 19.7 Å². The Bertz CT molecular complexity index is 1040. The lowest BCUT2D eigenvalue weighted by Gasteiger charge is -2.29. The zero-order valence-electron chi connectivity index (χ0n) is 18.7. The molecule has 0 bridgehead atoms. The average Bonchev–Trinajstić information content (AvgIpc) is 2.79. The van der Waals surface area contributed by atoms with Crippen LogP contribution < -0.4 is 10.1 Å². The van der Waals surface area contributed by atoms with Gasteiger partial charge in [-0.1, -0.05) is 6.07 Å². The number of hydrogen-bond acceptors (Lipinski definition) is 6. The Kier molecular flexibility index (Phi) is 8.27. The summed E-state index contributed by atoms with van der Waals surface area (Å²) in [5.74, 6) is 0.780. The Morgan fingerprint density at radius 1 is 1.19 bits per heavy atom. The fourth-order valence-electron chi connectivity index (χ4n) is 3.79. The SMILES string of the molecule is CC=O.COc1cncc(-c2cc(Nc3cccc(F)c3)cc(C3CCCN(C)C3)n2)c1. The number of carbonyl (C=O) groups excluding carboxylic acids is 1. The molecule has 6 nitrogen and oxygen atoms in total. The van der Waals surface area contributed by atoms with Crippen LogP contribution in [-0.2, 0) is 4.79 Å². The largest absolute Gasteiger partial charge is 0.495 e. The molecular weight excluding hydrogens is 407 g/mol. The molecule has 168 valence electrons. The van der Waals surface area contributed by atoms with Crippen LogP contribution in [0.15, 0.2) is 54.9 Å². The van der Waals surface area contributed by atoms with Crippen LogP contribution in [0.3, 0.4) is 0 Å². The number of aldehydes is 1. The highest BCUT2D eigenvalue weighted by Gasteiger charge is 2.21. The first-order valence-electron chi connectivity index (χ1n) is 10.6. The summed E-state index contributed by atoms with van der Waals surface area (Å²) in [7, 11) is 3.77. The minimum absolute atomic E-state index is 0.268. The van der Waals surface area contributed by atoms with Gasteiger partial charge in [-0.3, -0.25) is 9.97 Å². The van der Waals surface area contributed by atoms with Gasteiger partial charge in [-0.2, -0.15) is 0 Å². The van der Waals surface area contributed by atoms with Crippen LogP contribution in [0, 0.1) is 5.82 Å². The summed E-state index contributed by atoms with van der Waals surface area (Å²) in [6.07, 6.45) is 6.47. The Morgan fingerprint density at radius 2 is 2.00 bits per heavy atom. The van der Waals surface area contributed by atoms with Gasteiger partial charge in [-0.05, 0) is 69.8 Å². The molecule has 2 aromatic heterocycles. The third-order valence-electron chi connectivity index (χ3n) is 5.25. The zero-order valence-corrected chi connectivity index (χ0v) is 18.7. The third kappa shape index (κ3) is 6.34. The number of benzene rings is 1. The summed E-state index contributed by atoms with van der Waals surface area (Å²) in [5, 5.41) is 3.33. The molecule has 1 unspecified atom stereocenters. The number of piperidine rings is 1. The van der Waals surface area contributed by atoms with Crippen molar-refractivity contribution in [1.29, 1.82) is 0 Å². The van der Waals surface area contributed by atoms with Gasteiger partial charge >= 0.3 is 0 Å². The van der Waals surface area contributed by atoms with Crippen molar-refractivity contribution in [2.75, 3.05) is 32.6 Å². The molecule has 1 fully saturated rings. The molecule has 32 heavy (non-hydrogen) atoms. The molecular formula is C25H29FN4O2.